The summed E-state index contributed by atoms with van der Waals surface area (Å²) in [6, 6.07) is 11.5. The van der Waals surface area contributed by atoms with Crippen molar-refractivity contribution in [3.63, 3.8) is 0 Å². The zero-order chi connectivity index (χ0) is 10.5. The Morgan fingerprint density at radius 2 is 1.93 bits per heavy atom. The molecule has 0 unspecified atom stereocenters. The normalized spacial score (nSPS) is 11.5. The third-order valence-corrected chi connectivity index (χ3v) is 2.69. The topological polar surface area (TPSA) is 20.2 Å². The van der Waals surface area contributed by atoms with Crippen molar-refractivity contribution in [2.45, 2.75) is 6.10 Å². The molecule has 0 bridgehead atoms. The number of thiophene rings is 1. The molecular weight excluding hydrogens is 204 g/mol. The van der Waals surface area contributed by atoms with E-state index in [-0.39, 0.29) is 0 Å². The number of benzene rings is 1. The molecular formula is C13H10OS. The van der Waals surface area contributed by atoms with Gasteiger partial charge in [0.15, 0.2) is 0 Å². The molecule has 1 nitrogen and oxygen atoms in total. The van der Waals surface area contributed by atoms with Gasteiger partial charge in [0.25, 0.3) is 0 Å². The van der Waals surface area contributed by atoms with E-state index in [1.165, 1.54) is 0 Å². The maximum atomic E-state index is 9.70. The fourth-order valence-corrected chi connectivity index (χ4v) is 1.87. The molecule has 1 N–H and O–H groups in total. The fraction of sp³-hybridized carbons (Fsp3) is 0.0769. The largest absolute Gasteiger partial charge is 0.376 e. The third-order valence-electron chi connectivity index (χ3n) is 1.99. The van der Waals surface area contributed by atoms with Gasteiger partial charge in [-0.15, -0.1) is 0 Å². The minimum Gasteiger partial charge on any atom is -0.376 e. The van der Waals surface area contributed by atoms with Crippen LogP contribution in [0.15, 0.2) is 47.2 Å². The summed E-state index contributed by atoms with van der Waals surface area (Å²) in [5.41, 5.74) is 1.79. The quantitative estimate of drug-likeness (QED) is 0.724. The second kappa shape index (κ2) is 4.79. The summed E-state index contributed by atoms with van der Waals surface area (Å²) in [6.07, 6.45) is -0.684. The minimum atomic E-state index is -0.684. The van der Waals surface area contributed by atoms with E-state index >= 15 is 0 Å². The van der Waals surface area contributed by atoms with Crippen LogP contribution in [0.25, 0.3) is 0 Å². The number of hydrogen-bond donors (Lipinski definition) is 1. The van der Waals surface area contributed by atoms with Gasteiger partial charge in [0.2, 0.25) is 0 Å². The van der Waals surface area contributed by atoms with Crippen LogP contribution in [0.2, 0.25) is 0 Å². The lowest BCUT2D eigenvalue weighted by molar-refractivity contribution is 0.239. The Hall–Kier alpha value is -1.56. The van der Waals surface area contributed by atoms with Crippen LogP contribution in [-0.2, 0) is 0 Å². The van der Waals surface area contributed by atoms with Crippen molar-refractivity contribution in [3.05, 3.63) is 58.3 Å². The van der Waals surface area contributed by atoms with E-state index in [0.717, 1.165) is 11.1 Å². The van der Waals surface area contributed by atoms with Crippen molar-refractivity contribution in [2.75, 3.05) is 0 Å². The summed E-state index contributed by atoms with van der Waals surface area (Å²) in [5.74, 6) is 5.75. The van der Waals surface area contributed by atoms with Crippen LogP contribution in [0.1, 0.15) is 17.2 Å². The predicted octanol–water partition coefficient (Wildman–Crippen LogP) is 2.83. The van der Waals surface area contributed by atoms with Gasteiger partial charge in [-0.1, -0.05) is 30.0 Å². The summed E-state index contributed by atoms with van der Waals surface area (Å²) in [6.45, 7) is 0. The van der Waals surface area contributed by atoms with E-state index in [2.05, 4.69) is 11.8 Å². The van der Waals surface area contributed by atoms with Gasteiger partial charge in [-0.25, -0.2) is 0 Å². The summed E-state index contributed by atoms with van der Waals surface area (Å²) < 4.78 is 0. The summed E-state index contributed by atoms with van der Waals surface area (Å²) in [7, 11) is 0. The van der Waals surface area contributed by atoms with Crippen LogP contribution in [0.4, 0.5) is 0 Å². The van der Waals surface area contributed by atoms with E-state index in [0.29, 0.717) is 0 Å². The van der Waals surface area contributed by atoms with E-state index in [1.807, 2.05) is 47.2 Å². The summed E-state index contributed by atoms with van der Waals surface area (Å²) in [4.78, 5) is 0. The van der Waals surface area contributed by atoms with Crippen molar-refractivity contribution in [2.24, 2.45) is 0 Å². The van der Waals surface area contributed by atoms with Gasteiger partial charge >= 0.3 is 0 Å². The maximum absolute atomic E-state index is 9.70. The van der Waals surface area contributed by atoms with Gasteiger partial charge < -0.3 is 5.11 Å². The molecule has 1 aromatic carbocycles. The van der Waals surface area contributed by atoms with Gasteiger partial charge in [0.05, 0.1) is 0 Å². The van der Waals surface area contributed by atoms with Crippen LogP contribution in [0.5, 0.6) is 0 Å². The van der Waals surface area contributed by atoms with E-state index < -0.39 is 6.10 Å². The Bertz CT molecular complexity index is 462. The summed E-state index contributed by atoms with van der Waals surface area (Å²) >= 11 is 1.56. The SMILES string of the molecule is O[C@@H](C#Cc1ccccc1)c1ccsc1. The molecule has 1 aromatic heterocycles. The highest BCUT2D eigenvalue weighted by Crippen LogP contribution is 2.15. The molecule has 1 atom stereocenters. The third kappa shape index (κ3) is 2.69. The number of aliphatic hydroxyl groups is 1. The van der Waals surface area contributed by atoms with Crippen LogP contribution in [0.3, 0.4) is 0 Å². The Kier molecular flexibility index (Phi) is 3.18. The zero-order valence-corrected chi connectivity index (χ0v) is 8.87. The van der Waals surface area contributed by atoms with Crippen molar-refractivity contribution < 1.29 is 5.11 Å². The van der Waals surface area contributed by atoms with Crippen LogP contribution in [0, 0.1) is 11.8 Å². The monoisotopic (exact) mass is 214 g/mol. The fourth-order valence-electron chi connectivity index (χ4n) is 1.19. The van der Waals surface area contributed by atoms with Crippen molar-refractivity contribution in [1.82, 2.24) is 0 Å². The molecule has 0 radical (unpaired) electrons. The Balaban J connectivity index is 2.13. The smallest absolute Gasteiger partial charge is 0.141 e. The minimum absolute atomic E-state index is 0.684. The predicted molar refractivity (Wildman–Crippen MR) is 62.6 cm³/mol. The number of rotatable bonds is 1. The van der Waals surface area contributed by atoms with Crippen LogP contribution < -0.4 is 0 Å². The van der Waals surface area contributed by atoms with Crippen molar-refractivity contribution >= 4 is 11.3 Å². The molecule has 0 saturated heterocycles. The van der Waals surface area contributed by atoms with Crippen LogP contribution >= 0.6 is 11.3 Å². The molecule has 0 saturated carbocycles. The second-order valence-electron chi connectivity index (χ2n) is 3.09. The molecule has 0 aliphatic heterocycles. The molecule has 2 heteroatoms. The molecule has 0 aliphatic carbocycles. The molecule has 0 spiro atoms. The van der Waals surface area contributed by atoms with Gasteiger partial charge in [0.1, 0.15) is 6.10 Å². The molecule has 15 heavy (non-hydrogen) atoms. The average Bonchev–Trinajstić information content (AvgIpc) is 2.81. The Morgan fingerprint density at radius 1 is 1.13 bits per heavy atom. The van der Waals surface area contributed by atoms with Crippen LogP contribution in [-0.4, -0.2) is 5.11 Å². The zero-order valence-electron chi connectivity index (χ0n) is 8.05. The molecule has 0 amide bonds. The van der Waals surface area contributed by atoms with E-state index in [4.69, 9.17) is 0 Å². The lowest BCUT2D eigenvalue weighted by atomic mass is 10.2. The first-order valence-electron chi connectivity index (χ1n) is 4.63. The highest BCUT2D eigenvalue weighted by Gasteiger charge is 2.02. The standard InChI is InChI=1S/C13H10OS/c14-13(12-8-9-15-10-12)7-6-11-4-2-1-3-5-11/h1-5,8-10,13-14H/t13-/m0/s1. The Morgan fingerprint density at radius 3 is 2.60 bits per heavy atom. The highest BCUT2D eigenvalue weighted by molar-refractivity contribution is 7.07. The van der Waals surface area contributed by atoms with Gasteiger partial charge in [0, 0.05) is 11.1 Å². The first kappa shape index (κ1) is 9.97. The van der Waals surface area contributed by atoms with Crippen molar-refractivity contribution in [3.8, 4) is 11.8 Å². The molecule has 2 rings (SSSR count). The number of hydrogen-bond acceptors (Lipinski definition) is 2. The number of aliphatic hydroxyl groups excluding tert-OH is 1. The molecule has 74 valence electrons. The lowest BCUT2D eigenvalue weighted by Crippen LogP contribution is -1.90. The average molecular weight is 214 g/mol. The lowest BCUT2D eigenvalue weighted by Gasteiger charge is -1.97. The van der Waals surface area contributed by atoms with Gasteiger partial charge in [-0.05, 0) is 29.0 Å². The first-order chi connectivity index (χ1) is 7.36. The maximum Gasteiger partial charge on any atom is 0.141 e. The van der Waals surface area contributed by atoms with E-state index in [9.17, 15) is 5.11 Å². The molecule has 1 heterocycles. The molecule has 0 aliphatic rings. The second-order valence-corrected chi connectivity index (χ2v) is 3.87. The summed E-state index contributed by atoms with van der Waals surface area (Å²) in [5, 5.41) is 13.5. The van der Waals surface area contributed by atoms with E-state index in [1.54, 1.807) is 11.3 Å². The first-order valence-corrected chi connectivity index (χ1v) is 5.57. The molecule has 0 fully saturated rings. The highest BCUT2D eigenvalue weighted by atomic mass is 32.1. The van der Waals surface area contributed by atoms with Gasteiger partial charge in [-0.2, -0.15) is 11.3 Å². The Labute approximate surface area is 93.0 Å². The van der Waals surface area contributed by atoms with Gasteiger partial charge in [-0.3, -0.25) is 0 Å². The van der Waals surface area contributed by atoms with Crippen molar-refractivity contribution in [1.29, 1.82) is 0 Å². The molecule has 2 aromatic rings.